The van der Waals surface area contributed by atoms with Crippen LogP contribution < -0.4 is 5.32 Å². The van der Waals surface area contributed by atoms with Gasteiger partial charge in [-0.25, -0.2) is 4.39 Å². The maximum absolute atomic E-state index is 13.7. The zero-order valence-electron chi connectivity index (χ0n) is 10.3. The lowest BCUT2D eigenvalue weighted by molar-refractivity contribution is 0.626. The first kappa shape index (κ1) is 13.1. The molecule has 0 aliphatic rings. The number of benzene rings is 1. The van der Waals surface area contributed by atoms with Crippen LogP contribution in [-0.2, 0) is 6.54 Å². The minimum Gasteiger partial charge on any atom is -0.376 e. The minimum absolute atomic E-state index is 0.0148. The number of nitrogens with zero attached hydrogens (tertiary/aromatic N) is 2. The lowest BCUT2D eigenvalue weighted by atomic mass is 10.2. The SMILES string of the molecule is CCn1cc(C(C)Nc2ccc(Br)cc2F)cn1. The molecule has 1 aromatic carbocycles. The van der Waals surface area contributed by atoms with Gasteiger partial charge in [0.2, 0.25) is 0 Å². The highest BCUT2D eigenvalue weighted by atomic mass is 79.9. The van der Waals surface area contributed by atoms with Gasteiger partial charge in [0.1, 0.15) is 5.82 Å². The third-order valence-electron chi connectivity index (χ3n) is 2.78. The summed E-state index contributed by atoms with van der Waals surface area (Å²) in [6.45, 7) is 4.85. The highest BCUT2D eigenvalue weighted by Gasteiger charge is 2.10. The number of halogens is 2. The van der Waals surface area contributed by atoms with Crippen molar-refractivity contribution in [2.45, 2.75) is 26.4 Å². The van der Waals surface area contributed by atoms with Crippen LogP contribution in [0.4, 0.5) is 10.1 Å². The van der Waals surface area contributed by atoms with E-state index in [-0.39, 0.29) is 11.9 Å². The molecule has 18 heavy (non-hydrogen) atoms. The molecule has 0 saturated heterocycles. The summed E-state index contributed by atoms with van der Waals surface area (Å²) < 4.78 is 16.3. The summed E-state index contributed by atoms with van der Waals surface area (Å²) in [6, 6.07) is 5.00. The van der Waals surface area contributed by atoms with Crippen molar-refractivity contribution >= 4 is 21.6 Å². The normalized spacial score (nSPS) is 12.4. The van der Waals surface area contributed by atoms with Crippen LogP contribution in [0.1, 0.15) is 25.5 Å². The van der Waals surface area contributed by atoms with Crippen molar-refractivity contribution in [2.24, 2.45) is 0 Å². The van der Waals surface area contributed by atoms with E-state index in [1.807, 2.05) is 30.8 Å². The summed E-state index contributed by atoms with van der Waals surface area (Å²) in [5, 5.41) is 7.35. The Morgan fingerprint density at radius 2 is 2.28 bits per heavy atom. The summed E-state index contributed by atoms with van der Waals surface area (Å²) in [5.41, 5.74) is 1.54. The van der Waals surface area contributed by atoms with E-state index in [4.69, 9.17) is 0 Å². The second-order valence-electron chi connectivity index (χ2n) is 4.12. The molecule has 5 heteroatoms. The summed E-state index contributed by atoms with van der Waals surface area (Å²) >= 11 is 3.24. The third-order valence-corrected chi connectivity index (χ3v) is 3.27. The molecule has 1 N–H and O–H groups in total. The molecule has 0 amide bonds. The number of nitrogens with one attached hydrogen (secondary N) is 1. The summed E-state index contributed by atoms with van der Waals surface area (Å²) in [7, 11) is 0. The van der Waals surface area contributed by atoms with E-state index in [0.717, 1.165) is 16.6 Å². The molecule has 0 saturated carbocycles. The van der Waals surface area contributed by atoms with Gasteiger partial charge in [-0.05, 0) is 32.0 Å². The fourth-order valence-electron chi connectivity index (χ4n) is 1.70. The lowest BCUT2D eigenvalue weighted by Crippen LogP contribution is -2.07. The van der Waals surface area contributed by atoms with Crippen LogP contribution in [0.25, 0.3) is 0 Å². The average molecular weight is 312 g/mol. The molecule has 0 bridgehead atoms. The van der Waals surface area contributed by atoms with Crippen molar-refractivity contribution in [2.75, 3.05) is 5.32 Å². The first-order chi connectivity index (χ1) is 8.60. The van der Waals surface area contributed by atoms with Gasteiger partial charge in [-0.3, -0.25) is 4.68 Å². The maximum atomic E-state index is 13.7. The lowest BCUT2D eigenvalue weighted by Gasteiger charge is -2.14. The molecule has 1 unspecified atom stereocenters. The van der Waals surface area contributed by atoms with E-state index in [2.05, 4.69) is 26.3 Å². The average Bonchev–Trinajstić information content (AvgIpc) is 2.81. The third kappa shape index (κ3) is 2.90. The van der Waals surface area contributed by atoms with Gasteiger partial charge >= 0.3 is 0 Å². The van der Waals surface area contributed by atoms with Gasteiger partial charge in [-0.15, -0.1) is 0 Å². The Morgan fingerprint density at radius 3 is 2.89 bits per heavy atom. The molecule has 0 fully saturated rings. The van der Waals surface area contributed by atoms with Gasteiger partial charge in [-0.2, -0.15) is 5.10 Å². The standard InChI is InChI=1S/C13H15BrFN3/c1-3-18-8-10(7-16-18)9(2)17-13-5-4-11(14)6-12(13)15/h4-9,17H,3H2,1-2H3. The van der Waals surface area contributed by atoms with E-state index >= 15 is 0 Å². The fraction of sp³-hybridized carbons (Fsp3) is 0.308. The van der Waals surface area contributed by atoms with Crippen LogP contribution in [0.5, 0.6) is 0 Å². The molecule has 1 atom stereocenters. The Hall–Kier alpha value is -1.36. The number of rotatable bonds is 4. The van der Waals surface area contributed by atoms with Crippen molar-refractivity contribution in [3.05, 3.63) is 46.4 Å². The van der Waals surface area contributed by atoms with Gasteiger partial charge < -0.3 is 5.32 Å². The number of hydrogen-bond acceptors (Lipinski definition) is 2. The molecule has 0 spiro atoms. The second kappa shape index (κ2) is 5.52. The first-order valence-electron chi connectivity index (χ1n) is 5.84. The monoisotopic (exact) mass is 311 g/mol. The van der Waals surface area contributed by atoms with Crippen molar-refractivity contribution in [1.29, 1.82) is 0 Å². The van der Waals surface area contributed by atoms with E-state index in [1.165, 1.54) is 6.07 Å². The predicted octanol–water partition coefficient (Wildman–Crippen LogP) is 3.98. The van der Waals surface area contributed by atoms with Crippen molar-refractivity contribution in [3.63, 3.8) is 0 Å². The van der Waals surface area contributed by atoms with Crippen molar-refractivity contribution < 1.29 is 4.39 Å². The van der Waals surface area contributed by atoms with Gasteiger partial charge in [0.15, 0.2) is 0 Å². The van der Waals surface area contributed by atoms with Crippen LogP contribution in [0, 0.1) is 5.82 Å². The Morgan fingerprint density at radius 1 is 1.50 bits per heavy atom. The zero-order valence-corrected chi connectivity index (χ0v) is 11.9. The fourth-order valence-corrected chi connectivity index (χ4v) is 2.03. The van der Waals surface area contributed by atoms with E-state index < -0.39 is 0 Å². The predicted molar refractivity (Wildman–Crippen MR) is 74.0 cm³/mol. The maximum Gasteiger partial charge on any atom is 0.147 e. The number of hydrogen-bond donors (Lipinski definition) is 1. The molecule has 1 aromatic heterocycles. The Labute approximate surface area is 114 Å². The van der Waals surface area contributed by atoms with Gasteiger partial charge in [-0.1, -0.05) is 15.9 Å². The Balaban J connectivity index is 2.13. The smallest absolute Gasteiger partial charge is 0.147 e. The minimum atomic E-state index is -0.265. The summed E-state index contributed by atoms with van der Waals surface area (Å²) in [5.74, 6) is -0.265. The number of aryl methyl sites for hydroxylation is 1. The number of aromatic nitrogens is 2. The Kier molecular flexibility index (Phi) is 4.01. The van der Waals surface area contributed by atoms with Gasteiger partial charge in [0.05, 0.1) is 17.9 Å². The van der Waals surface area contributed by atoms with Gasteiger partial charge in [0.25, 0.3) is 0 Å². The van der Waals surface area contributed by atoms with E-state index in [0.29, 0.717) is 5.69 Å². The molecule has 0 aliphatic heterocycles. The second-order valence-corrected chi connectivity index (χ2v) is 5.04. The number of anilines is 1. The molecule has 3 nitrogen and oxygen atoms in total. The summed E-state index contributed by atoms with van der Waals surface area (Å²) in [4.78, 5) is 0. The molecule has 0 aliphatic carbocycles. The van der Waals surface area contributed by atoms with Crippen LogP contribution in [-0.4, -0.2) is 9.78 Å². The van der Waals surface area contributed by atoms with E-state index in [1.54, 1.807) is 12.3 Å². The first-order valence-corrected chi connectivity index (χ1v) is 6.63. The van der Waals surface area contributed by atoms with Crippen molar-refractivity contribution in [1.82, 2.24) is 9.78 Å². The quantitative estimate of drug-likeness (QED) is 0.925. The van der Waals surface area contributed by atoms with Crippen LogP contribution >= 0.6 is 15.9 Å². The van der Waals surface area contributed by atoms with Gasteiger partial charge in [0, 0.05) is 22.8 Å². The zero-order chi connectivity index (χ0) is 13.1. The Bertz CT molecular complexity index is 539. The largest absolute Gasteiger partial charge is 0.376 e. The molecule has 1 heterocycles. The molecule has 96 valence electrons. The van der Waals surface area contributed by atoms with Crippen LogP contribution in [0.3, 0.4) is 0 Å². The highest BCUT2D eigenvalue weighted by Crippen LogP contribution is 2.23. The van der Waals surface area contributed by atoms with Crippen molar-refractivity contribution in [3.8, 4) is 0 Å². The summed E-state index contributed by atoms with van der Waals surface area (Å²) in [6.07, 6.45) is 3.77. The van der Waals surface area contributed by atoms with Crippen LogP contribution in [0.2, 0.25) is 0 Å². The van der Waals surface area contributed by atoms with Crippen LogP contribution in [0.15, 0.2) is 35.1 Å². The molecular formula is C13H15BrFN3. The topological polar surface area (TPSA) is 29.9 Å². The molecule has 0 radical (unpaired) electrons. The molecule has 2 rings (SSSR count). The highest BCUT2D eigenvalue weighted by molar-refractivity contribution is 9.10. The molecule has 2 aromatic rings. The van der Waals surface area contributed by atoms with E-state index in [9.17, 15) is 4.39 Å². The molecular weight excluding hydrogens is 297 g/mol.